The fourth-order valence-electron chi connectivity index (χ4n) is 1.11. The monoisotopic (exact) mass is 227 g/mol. The first-order chi connectivity index (χ1) is 7.36. The number of nitrogens with zero attached hydrogens (tertiary/aromatic N) is 2. The zero-order valence-electron chi connectivity index (χ0n) is 9.19. The van der Waals surface area contributed by atoms with E-state index in [-0.39, 0.29) is 0 Å². The van der Waals surface area contributed by atoms with Gasteiger partial charge in [0.2, 0.25) is 11.8 Å². The SMILES string of the molecule is COc1ccnc(NCCCCSC)n1. The molecule has 4 nitrogen and oxygen atoms in total. The summed E-state index contributed by atoms with van der Waals surface area (Å²) >= 11 is 1.87. The minimum absolute atomic E-state index is 0.594. The molecule has 0 aromatic carbocycles. The van der Waals surface area contributed by atoms with E-state index in [0.29, 0.717) is 11.8 Å². The molecule has 0 radical (unpaired) electrons. The van der Waals surface area contributed by atoms with E-state index in [1.807, 2.05) is 11.8 Å². The highest BCUT2D eigenvalue weighted by atomic mass is 32.2. The van der Waals surface area contributed by atoms with Crippen molar-refractivity contribution in [1.82, 2.24) is 9.97 Å². The maximum absolute atomic E-state index is 5.01. The first-order valence-electron chi connectivity index (χ1n) is 4.96. The van der Waals surface area contributed by atoms with Crippen LogP contribution in [0.15, 0.2) is 12.3 Å². The summed E-state index contributed by atoms with van der Waals surface area (Å²) in [5.74, 6) is 2.44. The molecule has 0 unspecified atom stereocenters. The van der Waals surface area contributed by atoms with Crippen LogP contribution in [0.1, 0.15) is 12.8 Å². The fraction of sp³-hybridized carbons (Fsp3) is 0.600. The van der Waals surface area contributed by atoms with Gasteiger partial charge < -0.3 is 10.1 Å². The van der Waals surface area contributed by atoms with E-state index in [9.17, 15) is 0 Å². The van der Waals surface area contributed by atoms with E-state index in [4.69, 9.17) is 4.74 Å². The molecule has 1 rings (SSSR count). The molecule has 0 saturated heterocycles. The van der Waals surface area contributed by atoms with Crippen molar-refractivity contribution < 1.29 is 4.74 Å². The Morgan fingerprint density at radius 1 is 1.47 bits per heavy atom. The number of hydrogen-bond donors (Lipinski definition) is 1. The Kier molecular flexibility index (Phi) is 5.92. The second kappa shape index (κ2) is 7.34. The first-order valence-corrected chi connectivity index (χ1v) is 6.36. The summed E-state index contributed by atoms with van der Waals surface area (Å²) in [5, 5.41) is 3.17. The molecule has 0 amide bonds. The Labute approximate surface area is 94.8 Å². The highest BCUT2D eigenvalue weighted by Crippen LogP contribution is 2.07. The minimum Gasteiger partial charge on any atom is -0.481 e. The third-order valence-electron chi connectivity index (χ3n) is 1.90. The van der Waals surface area contributed by atoms with Crippen LogP contribution in [0.2, 0.25) is 0 Å². The summed E-state index contributed by atoms with van der Waals surface area (Å²) < 4.78 is 5.01. The molecule has 0 aliphatic carbocycles. The van der Waals surface area contributed by atoms with Gasteiger partial charge in [0.25, 0.3) is 0 Å². The van der Waals surface area contributed by atoms with Crippen molar-refractivity contribution >= 4 is 17.7 Å². The number of thioether (sulfide) groups is 1. The van der Waals surface area contributed by atoms with Crippen LogP contribution in [0.3, 0.4) is 0 Å². The Bertz CT molecular complexity index is 283. The van der Waals surface area contributed by atoms with E-state index in [1.165, 1.54) is 12.2 Å². The number of aromatic nitrogens is 2. The van der Waals surface area contributed by atoms with Crippen LogP contribution in [-0.2, 0) is 0 Å². The molecule has 1 heterocycles. The van der Waals surface area contributed by atoms with Gasteiger partial charge in [-0.3, -0.25) is 0 Å². The molecule has 0 bridgehead atoms. The molecule has 1 aromatic rings. The van der Waals surface area contributed by atoms with E-state index in [0.717, 1.165) is 13.0 Å². The van der Waals surface area contributed by atoms with Crippen molar-refractivity contribution in [2.75, 3.05) is 31.0 Å². The lowest BCUT2D eigenvalue weighted by molar-refractivity contribution is 0.397. The largest absolute Gasteiger partial charge is 0.481 e. The van der Waals surface area contributed by atoms with Crippen LogP contribution < -0.4 is 10.1 Å². The predicted molar refractivity (Wildman–Crippen MR) is 64.7 cm³/mol. The Hall–Kier alpha value is -0.970. The summed E-state index contributed by atoms with van der Waals surface area (Å²) in [6.45, 7) is 0.910. The summed E-state index contributed by atoms with van der Waals surface area (Å²) in [4.78, 5) is 8.26. The standard InChI is InChI=1S/C10H17N3OS/c1-14-9-5-7-12-10(13-9)11-6-3-4-8-15-2/h5,7H,3-4,6,8H2,1-2H3,(H,11,12,13). The molecule has 84 valence electrons. The van der Waals surface area contributed by atoms with E-state index < -0.39 is 0 Å². The third-order valence-corrected chi connectivity index (χ3v) is 2.59. The summed E-state index contributed by atoms with van der Waals surface area (Å²) in [5.41, 5.74) is 0. The third kappa shape index (κ3) is 4.88. The van der Waals surface area contributed by atoms with E-state index >= 15 is 0 Å². The quantitative estimate of drug-likeness (QED) is 0.722. The molecule has 0 aliphatic rings. The number of rotatable bonds is 7. The summed E-state index contributed by atoms with van der Waals surface area (Å²) in [7, 11) is 1.60. The Morgan fingerprint density at radius 2 is 2.33 bits per heavy atom. The summed E-state index contributed by atoms with van der Waals surface area (Å²) in [6, 6.07) is 1.74. The van der Waals surface area contributed by atoms with Gasteiger partial charge in [0.05, 0.1) is 7.11 Å². The smallest absolute Gasteiger partial charge is 0.225 e. The van der Waals surface area contributed by atoms with Gasteiger partial charge in [0.1, 0.15) is 0 Å². The molecule has 15 heavy (non-hydrogen) atoms. The van der Waals surface area contributed by atoms with Crippen LogP contribution in [0.4, 0.5) is 5.95 Å². The predicted octanol–water partition coefficient (Wildman–Crippen LogP) is 2.04. The summed E-state index contributed by atoms with van der Waals surface area (Å²) in [6.07, 6.45) is 6.17. The van der Waals surface area contributed by atoms with Gasteiger partial charge in [-0.05, 0) is 24.9 Å². The molecule has 0 aliphatic heterocycles. The van der Waals surface area contributed by atoms with Crippen LogP contribution in [0, 0.1) is 0 Å². The maximum atomic E-state index is 5.01. The second-order valence-electron chi connectivity index (χ2n) is 3.05. The molecule has 0 fully saturated rings. The van der Waals surface area contributed by atoms with Gasteiger partial charge in [0.15, 0.2) is 0 Å². The average Bonchev–Trinajstić information content (AvgIpc) is 2.29. The first kappa shape index (κ1) is 12.1. The lowest BCUT2D eigenvalue weighted by Crippen LogP contribution is -2.05. The molecular weight excluding hydrogens is 210 g/mol. The Balaban J connectivity index is 2.24. The lowest BCUT2D eigenvalue weighted by atomic mass is 10.3. The number of ether oxygens (including phenoxy) is 1. The van der Waals surface area contributed by atoms with Gasteiger partial charge in [-0.1, -0.05) is 0 Å². The highest BCUT2D eigenvalue weighted by Gasteiger charge is 1.97. The van der Waals surface area contributed by atoms with Crippen molar-refractivity contribution in [3.63, 3.8) is 0 Å². The van der Waals surface area contributed by atoms with E-state index in [2.05, 4.69) is 21.5 Å². The van der Waals surface area contributed by atoms with Crippen LogP contribution in [0.25, 0.3) is 0 Å². The van der Waals surface area contributed by atoms with Crippen LogP contribution >= 0.6 is 11.8 Å². The van der Waals surface area contributed by atoms with Crippen molar-refractivity contribution in [2.24, 2.45) is 0 Å². The number of methoxy groups -OCH3 is 1. The van der Waals surface area contributed by atoms with Crippen LogP contribution in [-0.4, -0.2) is 35.6 Å². The topological polar surface area (TPSA) is 47.0 Å². The van der Waals surface area contributed by atoms with Crippen molar-refractivity contribution in [3.8, 4) is 5.88 Å². The van der Waals surface area contributed by atoms with Gasteiger partial charge >= 0.3 is 0 Å². The number of nitrogens with one attached hydrogen (secondary N) is 1. The number of hydrogen-bond acceptors (Lipinski definition) is 5. The average molecular weight is 227 g/mol. The Morgan fingerprint density at radius 3 is 3.07 bits per heavy atom. The fourth-order valence-corrected chi connectivity index (χ4v) is 1.61. The zero-order chi connectivity index (χ0) is 10.9. The van der Waals surface area contributed by atoms with Gasteiger partial charge in [-0.25, -0.2) is 4.98 Å². The molecular formula is C10H17N3OS. The number of anilines is 1. The molecule has 1 N–H and O–H groups in total. The minimum atomic E-state index is 0.594. The van der Waals surface area contributed by atoms with Gasteiger partial charge in [-0.2, -0.15) is 16.7 Å². The molecule has 0 saturated carbocycles. The van der Waals surface area contributed by atoms with Gasteiger partial charge in [0, 0.05) is 18.8 Å². The number of unbranched alkanes of at least 4 members (excludes halogenated alkanes) is 1. The van der Waals surface area contributed by atoms with Crippen molar-refractivity contribution in [3.05, 3.63) is 12.3 Å². The van der Waals surface area contributed by atoms with Crippen LogP contribution in [0.5, 0.6) is 5.88 Å². The molecule has 0 atom stereocenters. The van der Waals surface area contributed by atoms with Crippen molar-refractivity contribution in [1.29, 1.82) is 0 Å². The van der Waals surface area contributed by atoms with Crippen molar-refractivity contribution in [2.45, 2.75) is 12.8 Å². The zero-order valence-corrected chi connectivity index (χ0v) is 10.0. The second-order valence-corrected chi connectivity index (χ2v) is 4.03. The lowest BCUT2D eigenvalue weighted by Gasteiger charge is -2.05. The molecule has 1 aromatic heterocycles. The van der Waals surface area contributed by atoms with E-state index in [1.54, 1.807) is 19.4 Å². The molecule has 5 heteroatoms. The normalized spacial score (nSPS) is 10.0. The molecule has 0 spiro atoms. The maximum Gasteiger partial charge on any atom is 0.225 e. The van der Waals surface area contributed by atoms with Gasteiger partial charge in [-0.15, -0.1) is 0 Å². The highest BCUT2D eigenvalue weighted by molar-refractivity contribution is 7.98.